The molecule has 0 aromatic heterocycles. The molecule has 0 atom stereocenters. The highest BCUT2D eigenvalue weighted by Gasteiger charge is 2.06. The molecular formula is C23H21ClN2O3. The van der Waals surface area contributed by atoms with Crippen LogP contribution in [0.15, 0.2) is 77.9 Å². The quantitative estimate of drug-likeness (QED) is 0.438. The van der Waals surface area contributed by atoms with E-state index in [4.69, 9.17) is 21.1 Å². The Hall–Kier alpha value is -3.31. The Morgan fingerprint density at radius 3 is 2.10 bits per heavy atom. The lowest BCUT2D eigenvalue weighted by atomic mass is 10.1. The number of rotatable bonds is 7. The van der Waals surface area contributed by atoms with E-state index in [9.17, 15) is 4.79 Å². The summed E-state index contributed by atoms with van der Waals surface area (Å²) in [5, 5.41) is 4.88. The van der Waals surface area contributed by atoms with Gasteiger partial charge >= 0.3 is 0 Å². The molecule has 3 aromatic rings. The van der Waals surface area contributed by atoms with E-state index in [1.807, 2.05) is 55.5 Å². The SMILES string of the molecule is COc1ccc(C(=O)N/N=C(\C)c2ccc(OCc3ccc(Cl)cc3)cc2)cc1. The van der Waals surface area contributed by atoms with E-state index >= 15 is 0 Å². The molecule has 6 heteroatoms. The molecule has 0 aliphatic rings. The summed E-state index contributed by atoms with van der Waals surface area (Å²) in [7, 11) is 1.58. The number of nitrogens with one attached hydrogen (secondary N) is 1. The highest BCUT2D eigenvalue weighted by molar-refractivity contribution is 6.30. The number of hydrazone groups is 1. The van der Waals surface area contributed by atoms with Crippen LogP contribution in [0.1, 0.15) is 28.4 Å². The van der Waals surface area contributed by atoms with E-state index < -0.39 is 0 Å². The van der Waals surface area contributed by atoms with Crippen LogP contribution in [0.2, 0.25) is 5.02 Å². The Kier molecular flexibility index (Phi) is 6.87. The van der Waals surface area contributed by atoms with Crippen LogP contribution >= 0.6 is 11.6 Å². The first-order valence-corrected chi connectivity index (χ1v) is 9.39. The number of carbonyl (C=O) groups is 1. The maximum Gasteiger partial charge on any atom is 0.271 e. The van der Waals surface area contributed by atoms with Crippen molar-refractivity contribution in [2.24, 2.45) is 5.10 Å². The molecule has 0 heterocycles. The second kappa shape index (κ2) is 9.75. The highest BCUT2D eigenvalue weighted by atomic mass is 35.5. The van der Waals surface area contributed by atoms with E-state index in [1.165, 1.54) is 0 Å². The average Bonchev–Trinajstić information content (AvgIpc) is 2.77. The third kappa shape index (κ3) is 5.83. The highest BCUT2D eigenvalue weighted by Crippen LogP contribution is 2.16. The Balaban J connectivity index is 1.56. The van der Waals surface area contributed by atoms with Crippen molar-refractivity contribution in [1.29, 1.82) is 0 Å². The minimum Gasteiger partial charge on any atom is -0.497 e. The molecule has 29 heavy (non-hydrogen) atoms. The van der Waals surface area contributed by atoms with E-state index in [0.29, 0.717) is 28.7 Å². The number of methoxy groups -OCH3 is 1. The summed E-state index contributed by atoms with van der Waals surface area (Å²) in [4.78, 5) is 12.2. The van der Waals surface area contributed by atoms with Gasteiger partial charge in [-0.2, -0.15) is 5.10 Å². The minimum atomic E-state index is -0.282. The van der Waals surface area contributed by atoms with Crippen molar-refractivity contribution < 1.29 is 14.3 Å². The standard InChI is InChI=1S/C23H21ClN2O3/c1-16(25-26-23(27)19-7-11-21(28-2)12-8-19)18-5-13-22(14-6-18)29-15-17-3-9-20(24)10-4-17/h3-14H,15H2,1-2H3,(H,26,27)/b25-16+. The Bertz CT molecular complexity index is 982. The molecular weight excluding hydrogens is 388 g/mol. The van der Waals surface area contributed by atoms with Gasteiger partial charge in [0.2, 0.25) is 0 Å². The lowest BCUT2D eigenvalue weighted by Gasteiger charge is -2.08. The average molecular weight is 409 g/mol. The molecule has 0 saturated heterocycles. The maximum absolute atomic E-state index is 12.2. The monoisotopic (exact) mass is 408 g/mol. The number of amides is 1. The lowest BCUT2D eigenvalue weighted by Crippen LogP contribution is -2.19. The van der Waals surface area contributed by atoms with Crippen LogP contribution in [0.4, 0.5) is 0 Å². The van der Waals surface area contributed by atoms with Crippen molar-refractivity contribution in [2.75, 3.05) is 7.11 Å². The molecule has 1 N–H and O–H groups in total. The molecule has 0 bridgehead atoms. The largest absolute Gasteiger partial charge is 0.497 e. The summed E-state index contributed by atoms with van der Waals surface area (Å²) in [6, 6.07) is 21.9. The van der Waals surface area contributed by atoms with E-state index in [1.54, 1.807) is 31.4 Å². The smallest absolute Gasteiger partial charge is 0.271 e. The van der Waals surface area contributed by atoms with Gasteiger partial charge in [-0.25, -0.2) is 5.43 Å². The fraction of sp³-hybridized carbons (Fsp3) is 0.130. The second-order valence-electron chi connectivity index (χ2n) is 6.31. The van der Waals surface area contributed by atoms with Gasteiger partial charge in [0.25, 0.3) is 5.91 Å². The number of hydrogen-bond acceptors (Lipinski definition) is 4. The lowest BCUT2D eigenvalue weighted by molar-refractivity contribution is 0.0955. The van der Waals surface area contributed by atoms with Crippen LogP contribution < -0.4 is 14.9 Å². The number of ether oxygens (including phenoxy) is 2. The summed E-state index contributed by atoms with van der Waals surface area (Å²) in [5.41, 5.74) is 5.69. The zero-order valence-electron chi connectivity index (χ0n) is 16.2. The number of benzene rings is 3. The zero-order chi connectivity index (χ0) is 20.6. The van der Waals surface area contributed by atoms with Crippen LogP contribution in [0.5, 0.6) is 11.5 Å². The van der Waals surface area contributed by atoms with Gasteiger partial charge < -0.3 is 9.47 Å². The van der Waals surface area contributed by atoms with Crippen LogP contribution in [-0.2, 0) is 6.61 Å². The molecule has 0 unspecified atom stereocenters. The van der Waals surface area contributed by atoms with Crippen molar-refractivity contribution in [1.82, 2.24) is 5.43 Å². The summed E-state index contributed by atoms with van der Waals surface area (Å²) < 4.78 is 10.9. The fourth-order valence-electron chi connectivity index (χ4n) is 2.55. The number of nitrogens with zero attached hydrogens (tertiary/aromatic N) is 1. The molecule has 0 aliphatic heterocycles. The van der Waals surface area contributed by atoms with Gasteiger partial charge in [-0.1, -0.05) is 23.7 Å². The molecule has 0 aliphatic carbocycles. The Morgan fingerprint density at radius 1 is 0.897 bits per heavy atom. The van der Waals surface area contributed by atoms with Gasteiger partial charge in [-0.15, -0.1) is 0 Å². The molecule has 5 nitrogen and oxygen atoms in total. The van der Waals surface area contributed by atoms with Gasteiger partial charge in [0.1, 0.15) is 18.1 Å². The Labute approximate surface area is 174 Å². The van der Waals surface area contributed by atoms with Gasteiger partial charge in [-0.05, 0) is 78.7 Å². The molecule has 0 spiro atoms. The molecule has 1 amide bonds. The molecule has 0 saturated carbocycles. The topological polar surface area (TPSA) is 59.9 Å². The predicted molar refractivity (Wildman–Crippen MR) is 115 cm³/mol. The number of halogens is 1. The summed E-state index contributed by atoms with van der Waals surface area (Å²) >= 11 is 5.88. The van der Waals surface area contributed by atoms with E-state index in [-0.39, 0.29) is 5.91 Å². The van der Waals surface area contributed by atoms with E-state index in [0.717, 1.165) is 16.9 Å². The molecule has 0 radical (unpaired) electrons. The van der Waals surface area contributed by atoms with Crippen molar-refractivity contribution in [3.63, 3.8) is 0 Å². The normalized spacial score (nSPS) is 11.1. The van der Waals surface area contributed by atoms with Crippen molar-refractivity contribution in [3.05, 3.63) is 94.5 Å². The van der Waals surface area contributed by atoms with Gasteiger partial charge in [0.15, 0.2) is 0 Å². The number of hydrogen-bond donors (Lipinski definition) is 1. The number of carbonyl (C=O) groups excluding carboxylic acids is 1. The molecule has 3 rings (SSSR count). The maximum atomic E-state index is 12.2. The van der Waals surface area contributed by atoms with Crippen molar-refractivity contribution >= 4 is 23.2 Å². The fourth-order valence-corrected chi connectivity index (χ4v) is 2.67. The summed E-state index contributed by atoms with van der Waals surface area (Å²) in [6.07, 6.45) is 0. The third-order valence-electron chi connectivity index (χ3n) is 4.27. The van der Waals surface area contributed by atoms with Crippen LogP contribution in [0, 0.1) is 0 Å². The summed E-state index contributed by atoms with van der Waals surface area (Å²) in [5.74, 6) is 1.16. The summed E-state index contributed by atoms with van der Waals surface area (Å²) in [6.45, 7) is 2.29. The minimum absolute atomic E-state index is 0.282. The molecule has 3 aromatic carbocycles. The van der Waals surface area contributed by atoms with Gasteiger partial charge in [0.05, 0.1) is 12.8 Å². The first kappa shape index (κ1) is 20.4. The Morgan fingerprint density at radius 2 is 1.48 bits per heavy atom. The van der Waals surface area contributed by atoms with Gasteiger partial charge in [0, 0.05) is 10.6 Å². The van der Waals surface area contributed by atoms with Crippen LogP contribution in [0.3, 0.4) is 0 Å². The predicted octanol–water partition coefficient (Wildman–Crippen LogP) is 5.08. The third-order valence-corrected chi connectivity index (χ3v) is 4.52. The van der Waals surface area contributed by atoms with Crippen LogP contribution in [-0.4, -0.2) is 18.7 Å². The first-order valence-electron chi connectivity index (χ1n) is 9.01. The van der Waals surface area contributed by atoms with Crippen molar-refractivity contribution in [3.8, 4) is 11.5 Å². The molecule has 0 fully saturated rings. The van der Waals surface area contributed by atoms with Crippen molar-refractivity contribution in [2.45, 2.75) is 13.5 Å². The van der Waals surface area contributed by atoms with E-state index in [2.05, 4.69) is 10.5 Å². The van der Waals surface area contributed by atoms with Crippen LogP contribution in [0.25, 0.3) is 0 Å². The van der Waals surface area contributed by atoms with Gasteiger partial charge in [-0.3, -0.25) is 4.79 Å². The first-order chi connectivity index (χ1) is 14.0. The second-order valence-corrected chi connectivity index (χ2v) is 6.74. The zero-order valence-corrected chi connectivity index (χ0v) is 16.9. The molecule has 148 valence electrons.